The summed E-state index contributed by atoms with van der Waals surface area (Å²) in [5, 5.41) is 0. The van der Waals surface area contributed by atoms with Crippen LogP contribution in [0.25, 0.3) is 5.70 Å². The van der Waals surface area contributed by atoms with Crippen molar-refractivity contribution in [2.75, 3.05) is 0 Å². The van der Waals surface area contributed by atoms with Gasteiger partial charge in [-0.2, -0.15) is 0 Å². The molecule has 19 heavy (non-hydrogen) atoms. The van der Waals surface area contributed by atoms with E-state index in [0.717, 1.165) is 30.7 Å². The Morgan fingerprint density at radius 2 is 2.05 bits per heavy atom. The fourth-order valence-corrected chi connectivity index (χ4v) is 2.19. The van der Waals surface area contributed by atoms with E-state index in [2.05, 4.69) is 62.4 Å². The highest BCUT2D eigenvalue weighted by Gasteiger charge is 2.05. The van der Waals surface area contributed by atoms with Crippen molar-refractivity contribution < 1.29 is 0 Å². The molecule has 0 fully saturated rings. The Bertz CT molecular complexity index is 530. The summed E-state index contributed by atoms with van der Waals surface area (Å²) in [5.74, 6) is 0. The van der Waals surface area contributed by atoms with Crippen molar-refractivity contribution in [2.45, 2.75) is 33.1 Å². The Kier molecular flexibility index (Phi) is 4.91. The average molecular weight is 251 g/mol. The van der Waals surface area contributed by atoms with Gasteiger partial charge in [0.2, 0.25) is 0 Å². The fourth-order valence-electron chi connectivity index (χ4n) is 2.19. The predicted octanol–water partition coefficient (Wildman–Crippen LogP) is 5.17. The predicted molar refractivity (Wildman–Crippen MR) is 84.3 cm³/mol. The molecule has 0 heterocycles. The lowest BCUT2D eigenvalue weighted by molar-refractivity contribution is 1.00. The second kappa shape index (κ2) is 6.89. The molecule has 0 saturated heterocycles. The Hall–Kier alpha value is -1.89. The monoisotopic (exact) mass is 251 g/mol. The maximum Gasteiger partial charge on any atom is 0.0665 e. The second-order valence-corrected chi connectivity index (χ2v) is 4.72. The van der Waals surface area contributed by atoms with Gasteiger partial charge in [-0.25, -0.2) is 0 Å². The van der Waals surface area contributed by atoms with Gasteiger partial charge >= 0.3 is 0 Å². The molecule has 1 heteroatoms. The van der Waals surface area contributed by atoms with Crippen molar-refractivity contribution in [3.8, 4) is 0 Å². The number of hydrogen-bond donors (Lipinski definition) is 0. The zero-order valence-corrected chi connectivity index (χ0v) is 11.8. The van der Waals surface area contributed by atoms with Gasteiger partial charge in [-0.15, -0.1) is 0 Å². The van der Waals surface area contributed by atoms with E-state index in [0.29, 0.717) is 0 Å². The summed E-state index contributed by atoms with van der Waals surface area (Å²) in [4.78, 5) is 4.84. The molecule has 1 aromatic rings. The van der Waals surface area contributed by atoms with Gasteiger partial charge in [-0.05, 0) is 37.3 Å². The van der Waals surface area contributed by atoms with Crippen molar-refractivity contribution in [2.24, 2.45) is 4.99 Å². The summed E-state index contributed by atoms with van der Waals surface area (Å²) in [5.41, 5.74) is 4.75. The van der Waals surface area contributed by atoms with Crippen LogP contribution in [0.1, 0.15) is 38.7 Å². The molecule has 1 aromatic carbocycles. The molecular weight excluding hydrogens is 230 g/mol. The van der Waals surface area contributed by atoms with E-state index in [9.17, 15) is 0 Å². The normalized spacial score (nSPS) is 16.4. The molecule has 1 aliphatic carbocycles. The van der Waals surface area contributed by atoms with Gasteiger partial charge in [0.15, 0.2) is 0 Å². The molecule has 2 rings (SSSR count). The number of aliphatic imine (C=N–C) groups is 1. The van der Waals surface area contributed by atoms with Crippen molar-refractivity contribution in [1.82, 2.24) is 0 Å². The summed E-state index contributed by atoms with van der Waals surface area (Å²) < 4.78 is 0. The van der Waals surface area contributed by atoms with Gasteiger partial charge in [-0.1, -0.05) is 61.6 Å². The molecule has 0 spiro atoms. The first-order valence-corrected chi connectivity index (χ1v) is 6.98. The molecule has 0 amide bonds. The van der Waals surface area contributed by atoms with Gasteiger partial charge in [0, 0.05) is 5.71 Å². The molecule has 1 aliphatic rings. The maximum absolute atomic E-state index is 4.84. The number of nitrogens with zero attached hydrogens (tertiary/aromatic N) is 1. The van der Waals surface area contributed by atoms with E-state index in [1.165, 1.54) is 11.1 Å². The van der Waals surface area contributed by atoms with E-state index in [4.69, 9.17) is 4.99 Å². The summed E-state index contributed by atoms with van der Waals surface area (Å²) in [6, 6.07) is 10.4. The number of benzene rings is 1. The van der Waals surface area contributed by atoms with Crippen LogP contribution in [0, 0.1) is 0 Å². The Labute approximate surface area is 116 Å². The molecule has 0 aromatic heterocycles. The highest BCUT2D eigenvalue weighted by Crippen LogP contribution is 2.20. The Morgan fingerprint density at radius 1 is 1.26 bits per heavy atom. The van der Waals surface area contributed by atoms with Crippen LogP contribution < -0.4 is 0 Å². The first-order valence-electron chi connectivity index (χ1n) is 6.98. The number of rotatable bonds is 4. The van der Waals surface area contributed by atoms with Crippen molar-refractivity contribution in [1.29, 1.82) is 0 Å². The zero-order valence-electron chi connectivity index (χ0n) is 11.8. The smallest absolute Gasteiger partial charge is 0.0665 e. The second-order valence-electron chi connectivity index (χ2n) is 4.72. The van der Waals surface area contributed by atoms with Crippen LogP contribution in [0.2, 0.25) is 0 Å². The SMILES string of the molecule is CC/C=C(\N=C(C)C1=CC=CCC1)c1ccccc1. The zero-order chi connectivity index (χ0) is 13.5. The van der Waals surface area contributed by atoms with Gasteiger partial charge in [0.05, 0.1) is 5.70 Å². The van der Waals surface area contributed by atoms with Crippen LogP contribution in [-0.2, 0) is 0 Å². The first-order chi connectivity index (χ1) is 9.31. The van der Waals surface area contributed by atoms with Crippen molar-refractivity contribution in [3.05, 3.63) is 65.8 Å². The lowest BCUT2D eigenvalue weighted by atomic mass is 10.0. The molecule has 1 nitrogen and oxygen atoms in total. The van der Waals surface area contributed by atoms with Crippen molar-refractivity contribution >= 4 is 11.4 Å². The van der Waals surface area contributed by atoms with Gasteiger partial charge in [0.1, 0.15) is 0 Å². The fraction of sp³-hybridized carbons (Fsp3) is 0.278. The minimum atomic E-state index is 1.000. The lowest BCUT2D eigenvalue weighted by Crippen LogP contribution is -2.00. The van der Waals surface area contributed by atoms with Crippen LogP contribution in [0.15, 0.2) is 65.2 Å². The number of allylic oxidation sites excluding steroid dienone is 5. The molecule has 0 bridgehead atoms. The summed E-state index contributed by atoms with van der Waals surface area (Å²) in [7, 11) is 0. The van der Waals surface area contributed by atoms with Gasteiger partial charge in [-0.3, -0.25) is 4.99 Å². The third kappa shape index (κ3) is 3.78. The molecule has 0 atom stereocenters. The molecule has 0 unspecified atom stereocenters. The van der Waals surface area contributed by atoms with Crippen molar-refractivity contribution in [3.63, 3.8) is 0 Å². The highest BCUT2D eigenvalue weighted by atomic mass is 14.8. The molecule has 0 radical (unpaired) electrons. The topological polar surface area (TPSA) is 12.4 Å². The van der Waals surface area contributed by atoms with Crippen LogP contribution in [-0.4, -0.2) is 5.71 Å². The molecule has 0 N–H and O–H groups in total. The minimum absolute atomic E-state index is 1.000. The largest absolute Gasteiger partial charge is 0.253 e. The van der Waals surface area contributed by atoms with E-state index < -0.39 is 0 Å². The summed E-state index contributed by atoms with van der Waals surface area (Å²) in [6.07, 6.45) is 11.9. The molecular formula is C18H21N. The number of hydrogen-bond acceptors (Lipinski definition) is 1. The summed E-state index contributed by atoms with van der Waals surface area (Å²) in [6.45, 7) is 4.26. The van der Waals surface area contributed by atoms with E-state index in [1.807, 2.05) is 6.07 Å². The van der Waals surface area contributed by atoms with E-state index >= 15 is 0 Å². The first kappa shape index (κ1) is 13.5. The van der Waals surface area contributed by atoms with Crippen LogP contribution in [0.4, 0.5) is 0 Å². The maximum atomic E-state index is 4.84. The molecule has 98 valence electrons. The molecule has 0 saturated carbocycles. The average Bonchev–Trinajstić information content (AvgIpc) is 2.48. The van der Waals surface area contributed by atoms with E-state index in [-0.39, 0.29) is 0 Å². The quantitative estimate of drug-likeness (QED) is 0.654. The van der Waals surface area contributed by atoms with Gasteiger partial charge < -0.3 is 0 Å². The van der Waals surface area contributed by atoms with E-state index in [1.54, 1.807) is 0 Å². The lowest BCUT2D eigenvalue weighted by Gasteiger charge is -2.10. The van der Waals surface area contributed by atoms with Crippen LogP contribution in [0.5, 0.6) is 0 Å². The summed E-state index contributed by atoms with van der Waals surface area (Å²) >= 11 is 0. The third-order valence-electron chi connectivity index (χ3n) is 3.23. The Balaban J connectivity index is 2.29. The van der Waals surface area contributed by atoms with Crippen LogP contribution >= 0.6 is 0 Å². The van der Waals surface area contributed by atoms with Crippen LogP contribution in [0.3, 0.4) is 0 Å². The standard InChI is InChI=1S/C18H21N/c1-3-10-18(17-13-8-5-9-14-17)19-15(2)16-11-6-4-7-12-16/h4-6,8-11,13-14H,3,7,12H2,1-2H3/b18-10-,19-15?. The van der Waals surface area contributed by atoms with Gasteiger partial charge in [0.25, 0.3) is 0 Å². The third-order valence-corrected chi connectivity index (χ3v) is 3.23. The Morgan fingerprint density at radius 3 is 2.68 bits per heavy atom. The minimum Gasteiger partial charge on any atom is -0.253 e. The molecule has 0 aliphatic heterocycles. The highest BCUT2D eigenvalue weighted by molar-refractivity contribution is 6.01.